The molecule has 0 unspecified atom stereocenters. The van der Waals surface area contributed by atoms with Crippen LogP contribution in [-0.4, -0.2) is 31.3 Å². The number of hydrazone groups is 1. The van der Waals surface area contributed by atoms with Gasteiger partial charge in [0.2, 0.25) is 0 Å². The number of benzene rings is 3. The van der Waals surface area contributed by atoms with Crippen molar-refractivity contribution >= 4 is 23.0 Å². The van der Waals surface area contributed by atoms with Crippen molar-refractivity contribution in [3.05, 3.63) is 90.0 Å². The van der Waals surface area contributed by atoms with Crippen molar-refractivity contribution in [1.29, 1.82) is 0 Å². The summed E-state index contributed by atoms with van der Waals surface area (Å²) in [7, 11) is 3.15. The van der Waals surface area contributed by atoms with Crippen molar-refractivity contribution < 1.29 is 14.3 Å². The van der Waals surface area contributed by atoms with Gasteiger partial charge < -0.3 is 9.47 Å². The minimum Gasteiger partial charge on any atom is -0.493 e. The van der Waals surface area contributed by atoms with Gasteiger partial charge in [0.05, 0.1) is 37.2 Å². The van der Waals surface area contributed by atoms with E-state index in [2.05, 4.69) is 10.5 Å². The number of methoxy groups -OCH3 is 2. The summed E-state index contributed by atoms with van der Waals surface area (Å²) in [4.78, 5) is 17.7. The summed E-state index contributed by atoms with van der Waals surface area (Å²) in [6, 6.07) is 24.5. The van der Waals surface area contributed by atoms with Crippen LogP contribution in [0.4, 0.5) is 0 Å². The Hall–Kier alpha value is -4.19. The zero-order chi connectivity index (χ0) is 21.6. The number of rotatable bonds is 6. The molecule has 0 saturated carbocycles. The van der Waals surface area contributed by atoms with Crippen LogP contribution in [0.5, 0.6) is 11.5 Å². The first kappa shape index (κ1) is 20.1. The average molecular weight is 411 g/mol. The summed E-state index contributed by atoms with van der Waals surface area (Å²) in [5.41, 5.74) is 6.31. The molecule has 154 valence electrons. The Morgan fingerprint density at radius 1 is 0.903 bits per heavy atom. The second kappa shape index (κ2) is 9.09. The summed E-state index contributed by atoms with van der Waals surface area (Å²) >= 11 is 0. The summed E-state index contributed by atoms with van der Waals surface area (Å²) in [6.45, 7) is 0. The Balaban J connectivity index is 1.62. The quantitative estimate of drug-likeness (QED) is 0.369. The van der Waals surface area contributed by atoms with E-state index in [0.29, 0.717) is 17.1 Å². The molecule has 0 spiro atoms. The van der Waals surface area contributed by atoms with Crippen LogP contribution in [0.25, 0.3) is 22.2 Å². The number of para-hydroxylation sites is 1. The molecular formula is C25H21N3O3. The summed E-state index contributed by atoms with van der Waals surface area (Å²) < 4.78 is 10.5. The monoisotopic (exact) mass is 411 g/mol. The van der Waals surface area contributed by atoms with E-state index >= 15 is 0 Å². The van der Waals surface area contributed by atoms with Gasteiger partial charge in [0.1, 0.15) is 0 Å². The van der Waals surface area contributed by atoms with Crippen LogP contribution in [0.15, 0.2) is 84.0 Å². The second-order valence-corrected chi connectivity index (χ2v) is 6.75. The zero-order valence-electron chi connectivity index (χ0n) is 17.2. The molecule has 0 atom stereocenters. The molecule has 0 bridgehead atoms. The lowest BCUT2D eigenvalue weighted by atomic mass is 10.0. The smallest absolute Gasteiger partial charge is 0.272 e. The molecule has 4 rings (SSSR count). The lowest BCUT2D eigenvalue weighted by Gasteiger charge is -2.09. The molecule has 1 aromatic heterocycles. The van der Waals surface area contributed by atoms with Crippen LogP contribution in [0.2, 0.25) is 0 Å². The van der Waals surface area contributed by atoms with Crippen LogP contribution < -0.4 is 14.9 Å². The highest BCUT2D eigenvalue weighted by Gasteiger charge is 2.13. The van der Waals surface area contributed by atoms with E-state index in [0.717, 1.165) is 27.7 Å². The molecule has 0 radical (unpaired) electrons. The zero-order valence-corrected chi connectivity index (χ0v) is 17.2. The number of amides is 1. The highest BCUT2D eigenvalue weighted by atomic mass is 16.5. The van der Waals surface area contributed by atoms with Crippen molar-refractivity contribution in [3.8, 4) is 22.8 Å². The highest BCUT2D eigenvalue weighted by molar-refractivity contribution is 6.07. The first-order valence-electron chi connectivity index (χ1n) is 9.70. The van der Waals surface area contributed by atoms with Gasteiger partial charge in [-0.15, -0.1) is 0 Å². The van der Waals surface area contributed by atoms with Crippen molar-refractivity contribution in [2.45, 2.75) is 0 Å². The Morgan fingerprint density at radius 3 is 2.42 bits per heavy atom. The number of carbonyl (C=O) groups is 1. The van der Waals surface area contributed by atoms with E-state index < -0.39 is 0 Å². The largest absolute Gasteiger partial charge is 0.493 e. The number of ether oxygens (including phenoxy) is 2. The van der Waals surface area contributed by atoms with Crippen LogP contribution in [0, 0.1) is 0 Å². The molecule has 4 aromatic rings. The standard InChI is InChI=1S/C25H21N3O3/c1-30-23-13-12-17(14-24(23)31-2)16-26-28-25(29)20-15-22(18-8-4-3-5-9-18)27-21-11-7-6-10-19(20)21/h3-16H,1-2H3,(H,28,29)/b26-16-. The second-order valence-electron chi connectivity index (χ2n) is 6.75. The molecule has 0 aliphatic rings. The number of nitrogens with one attached hydrogen (secondary N) is 1. The van der Waals surface area contributed by atoms with Crippen molar-refractivity contribution in [2.24, 2.45) is 5.10 Å². The molecule has 1 amide bonds. The van der Waals surface area contributed by atoms with E-state index in [4.69, 9.17) is 14.5 Å². The van der Waals surface area contributed by atoms with E-state index in [1.165, 1.54) is 0 Å². The molecule has 6 nitrogen and oxygen atoms in total. The average Bonchev–Trinajstić information content (AvgIpc) is 2.83. The topological polar surface area (TPSA) is 72.8 Å². The van der Waals surface area contributed by atoms with Crippen molar-refractivity contribution in [1.82, 2.24) is 10.4 Å². The number of pyridine rings is 1. The molecule has 31 heavy (non-hydrogen) atoms. The maximum atomic E-state index is 13.0. The van der Waals surface area contributed by atoms with Gasteiger partial charge in [-0.2, -0.15) is 5.10 Å². The number of hydrogen-bond donors (Lipinski definition) is 1. The van der Waals surface area contributed by atoms with Gasteiger partial charge in [0.15, 0.2) is 11.5 Å². The number of hydrogen-bond acceptors (Lipinski definition) is 5. The Morgan fingerprint density at radius 2 is 1.65 bits per heavy atom. The fourth-order valence-electron chi connectivity index (χ4n) is 3.28. The van der Waals surface area contributed by atoms with E-state index in [-0.39, 0.29) is 5.91 Å². The molecule has 0 saturated heterocycles. The fraction of sp³-hybridized carbons (Fsp3) is 0.0800. The minimum atomic E-state index is -0.312. The van der Waals surface area contributed by atoms with Gasteiger partial charge in [0.25, 0.3) is 5.91 Å². The first-order chi connectivity index (χ1) is 15.2. The van der Waals surface area contributed by atoms with E-state index in [1.54, 1.807) is 38.6 Å². The van der Waals surface area contributed by atoms with E-state index in [9.17, 15) is 4.79 Å². The van der Waals surface area contributed by atoms with Gasteiger partial charge in [-0.3, -0.25) is 4.79 Å². The predicted octanol–water partition coefficient (Wildman–Crippen LogP) is 4.68. The molecule has 0 fully saturated rings. The Kier molecular flexibility index (Phi) is 5.89. The van der Waals surface area contributed by atoms with Gasteiger partial charge >= 0.3 is 0 Å². The van der Waals surface area contributed by atoms with Gasteiger partial charge in [-0.1, -0.05) is 48.5 Å². The number of aromatic nitrogens is 1. The SMILES string of the molecule is COc1ccc(/C=N\NC(=O)c2cc(-c3ccccc3)nc3ccccc23)cc1OC. The van der Waals surface area contributed by atoms with Crippen molar-refractivity contribution in [3.63, 3.8) is 0 Å². The third kappa shape index (κ3) is 4.38. The first-order valence-corrected chi connectivity index (χ1v) is 9.70. The maximum absolute atomic E-state index is 13.0. The molecular weight excluding hydrogens is 390 g/mol. The van der Waals surface area contributed by atoms with Crippen LogP contribution in [-0.2, 0) is 0 Å². The van der Waals surface area contributed by atoms with Gasteiger partial charge in [-0.25, -0.2) is 10.4 Å². The molecule has 1 heterocycles. The van der Waals surface area contributed by atoms with Crippen LogP contribution in [0.1, 0.15) is 15.9 Å². The summed E-state index contributed by atoms with van der Waals surface area (Å²) in [5, 5.41) is 4.88. The summed E-state index contributed by atoms with van der Waals surface area (Å²) in [5.74, 6) is 0.901. The minimum absolute atomic E-state index is 0.312. The molecule has 1 N–H and O–H groups in total. The molecule has 0 aliphatic heterocycles. The number of fused-ring (bicyclic) bond motifs is 1. The van der Waals surface area contributed by atoms with Crippen molar-refractivity contribution in [2.75, 3.05) is 14.2 Å². The third-order valence-corrected chi connectivity index (χ3v) is 4.82. The lowest BCUT2D eigenvalue weighted by molar-refractivity contribution is 0.0956. The number of nitrogens with zero attached hydrogens (tertiary/aromatic N) is 2. The summed E-state index contributed by atoms with van der Waals surface area (Å²) in [6.07, 6.45) is 1.56. The Labute approximate surface area is 180 Å². The fourth-order valence-corrected chi connectivity index (χ4v) is 3.28. The molecule has 6 heteroatoms. The third-order valence-electron chi connectivity index (χ3n) is 4.82. The van der Waals surface area contributed by atoms with Crippen LogP contribution in [0.3, 0.4) is 0 Å². The number of carbonyl (C=O) groups excluding carboxylic acids is 1. The van der Waals surface area contributed by atoms with Gasteiger partial charge in [0, 0.05) is 10.9 Å². The molecule has 3 aromatic carbocycles. The normalized spacial score (nSPS) is 10.9. The Bertz CT molecular complexity index is 1250. The predicted molar refractivity (Wildman–Crippen MR) is 122 cm³/mol. The molecule has 0 aliphatic carbocycles. The van der Waals surface area contributed by atoms with Crippen LogP contribution >= 0.6 is 0 Å². The highest BCUT2D eigenvalue weighted by Crippen LogP contribution is 2.27. The van der Waals surface area contributed by atoms with E-state index in [1.807, 2.05) is 60.7 Å². The maximum Gasteiger partial charge on any atom is 0.272 e. The van der Waals surface area contributed by atoms with Gasteiger partial charge in [-0.05, 0) is 35.9 Å². The lowest BCUT2D eigenvalue weighted by Crippen LogP contribution is -2.18.